The summed E-state index contributed by atoms with van der Waals surface area (Å²) in [5.74, 6) is -12.9. The standard InChI is InChI=1S/C67H64O29/c1-31-53(92-63(78)39-18-12-9-13-19-39)59(93-64(79)40-20-14-10-15-21-40)62(94-65(80)41-22-16-11-17-23-41)67(83-31)96-61-56(87-36(6)72)49(86-35(5)71)30-82-66(61)95-58-52(77)50-46(85-34(4)70)27-43(28-47(50)90-54(58)42-24-25-45(44(75)26-42)84-33(3)69)55-60(89-38(8)74)57(88-37(7)73)51(76)48(91-55)29-81-32(2)68/h9-28,31,48-49,51,53,55-57,59-62,66-67,75-76H,29-30H2,1-8H3/t31-,48+,49-,51+,53-,55-,56-,57-,59+,60-,61+,62+,66-,67-/m0/s1. The second kappa shape index (κ2) is 30.7. The van der Waals surface area contributed by atoms with Gasteiger partial charge in [0.2, 0.25) is 17.5 Å². The lowest BCUT2D eigenvalue weighted by Gasteiger charge is -2.47. The van der Waals surface area contributed by atoms with E-state index in [0.717, 1.165) is 72.7 Å². The number of aromatic hydroxyl groups is 1. The van der Waals surface area contributed by atoms with Crippen LogP contribution in [0.1, 0.15) is 98.1 Å². The lowest BCUT2D eigenvalue weighted by molar-refractivity contribution is -0.343. The van der Waals surface area contributed by atoms with E-state index in [1.54, 1.807) is 42.5 Å². The second-order valence-electron chi connectivity index (χ2n) is 21.9. The van der Waals surface area contributed by atoms with E-state index in [1.165, 1.54) is 61.5 Å². The van der Waals surface area contributed by atoms with Crippen molar-refractivity contribution in [3.63, 3.8) is 0 Å². The number of fused-ring (bicyclic) bond motifs is 1. The molecule has 0 unspecified atom stereocenters. The lowest BCUT2D eigenvalue weighted by atomic mass is 9.90. The number of benzene rings is 5. The molecule has 29 nitrogen and oxygen atoms in total. The number of aliphatic hydroxyl groups excluding tert-OH is 1. The first-order chi connectivity index (χ1) is 45.7. The number of carbonyl (C=O) groups is 10. The van der Waals surface area contributed by atoms with Gasteiger partial charge < -0.3 is 85.7 Å². The molecular formula is C67H64O29. The van der Waals surface area contributed by atoms with Gasteiger partial charge in [0.1, 0.15) is 41.6 Å². The molecule has 3 saturated heterocycles. The SMILES string of the molecule is CC(=O)OC[C@H]1O[C@@H](c2cc(OC(C)=O)c3c(=O)c(O[C@@H]4OC[C@H](OC(C)=O)[C@H](OC(C)=O)[C@H]4O[C@@H]4O[C@@H](C)[C@H](OC(=O)c5ccccc5)[C@@H](OC(=O)c5ccccc5)[C@H]4OC(=O)c4ccccc4)c(-c4ccc(OC(C)=O)c(O)c4)oc3c2)[C@H](OC(C)=O)[C@@H](OC(C)=O)[C@@H]1O. The van der Waals surface area contributed by atoms with Gasteiger partial charge in [0.25, 0.3) is 0 Å². The fraction of sp³-hybridized carbons (Fsp3) is 0.358. The van der Waals surface area contributed by atoms with Crippen molar-refractivity contribution in [2.75, 3.05) is 13.2 Å². The minimum Gasteiger partial charge on any atom is -0.504 e. The number of rotatable bonds is 20. The number of carbonyl (C=O) groups excluding carboxylic acids is 10. The molecule has 0 spiro atoms. The van der Waals surface area contributed by atoms with E-state index in [0.29, 0.717) is 0 Å². The van der Waals surface area contributed by atoms with Gasteiger partial charge in [0.15, 0.2) is 72.4 Å². The smallest absolute Gasteiger partial charge is 0.338 e. The van der Waals surface area contributed by atoms with Crippen molar-refractivity contribution in [3.8, 4) is 34.3 Å². The van der Waals surface area contributed by atoms with Crippen LogP contribution in [0.15, 0.2) is 131 Å². The molecule has 506 valence electrons. The molecule has 4 heterocycles. The molecule has 9 rings (SSSR count). The zero-order valence-corrected chi connectivity index (χ0v) is 52.5. The Hall–Kier alpha value is -10.6. The van der Waals surface area contributed by atoms with Crippen LogP contribution in [0.25, 0.3) is 22.3 Å². The Labute approximate surface area is 545 Å². The third kappa shape index (κ3) is 16.7. The fourth-order valence-electron chi connectivity index (χ4n) is 10.8. The van der Waals surface area contributed by atoms with Crippen LogP contribution in [-0.4, -0.2) is 163 Å². The molecule has 2 N–H and O–H groups in total. The summed E-state index contributed by atoms with van der Waals surface area (Å²) in [6.45, 7) is 7.13. The first-order valence-electron chi connectivity index (χ1n) is 29.6. The number of hydrogen-bond donors (Lipinski definition) is 2. The quantitative estimate of drug-likeness (QED) is 0.0529. The maximum atomic E-state index is 15.8. The molecule has 14 atom stereocenters. The van der Waals surface area contributed by atoms with Crippen molar-refractivity contribution >= 4 is 70.7 Å². The molecule has 3 aliphatic rings. The highest BCUT2D eigenvalue weighted by molar-refractivity contribution is 5.92. The van der Waals surface area contributed by atoms with Gasteiger partial charge in [-0.1, -0.05) is 54.6 Å². The average molecular weight is 1330 g/mol. The highest BCUT2D eigenvalue weighted by atomic mass is 16.8. The number of aliphatic hydroxyl groups is 1. The largest absolute Gasteiger partial charge is 0.504 e. The van der Waals surface area contributed by atoms with Crippen LogP contribution in [0.2, 0.25) is 0 Å². The summed E-state index contributed by atoms with van der Waals surface area (Å²) in [5.41, 5.74) is -2.17. The van der Waals surface area contributed by atoms with E-state index >= 15 is 4.79 Å². The number of ether oxygens (including phenoxy) is 15. The predicted octanol–water partition coefficient (Wildman–Crippen LogP) is 5.65. The summed E-state index contributed by atoms with van der Waals surface area (Å²) in [7, 11) is 0. The third-order valence-electron chi connectivity index (χ3n) is 14.7. The molecule has 0 saturated carbocycles. The molecule has 1 aromatic heterocycles. The van der Waals surface area contributed by atoms with E-state index in [2.05, 4.69) is 0 Å². The van der Waals surface area contributed by atoms with Crippen LogP contribution in [0.5, 0.6) is 23.0 Å². The molecule has 29 heteroatoms. The van der Waals surface area contributed by atoms with Gasteiger partial charge in [0.05, 0.1) is 29.4 Å². The molecule has 0 aliphatic carbocycles. The number of esters is 10. The van der Waals surface area contributed by atoms with E-state index in [4.69, 9.17) is 75.5 Å². The Balaban J connectivity index is 1.24. The summed E-state index contributed by atoms with van der Waals surface area (Å²) in [4.78, 5) is 148. The Morgan fingerprint density at radius 1 is 0.510 bits per heavy atom. The molecule has 0 bridgehead atoms. The van der Waals surface area contributed by atoms with E-state index in [1.807, 2.05) is 0 Å². The monoisotopic (exact) mass is 1330 g/mol. The van der Waals surface area contributed by atoms with Crippen LogP contribution < -0.4 is 19.6 Å². The van der Waals surface area contributed by atoms with Crippen LogP contribution in [-0.2, 0) is 90.4 Å². The van der Waals surface area contributed by atoms with Crippen molar-refractivity contribution in [2.24, 2.45) is 0 Å². The van der Waals surface area contributed by atoms with Gasteiger partial charge in [-0.05, 0) is 79.2 Å². The minimum atomic E-state index is -2.15. The first-order valence-corrected chi connectivity index (χ1v) is 29.6. The van der Waals surface area contributed by atoms with E-state index < -0.39 is 198 Å². The normalized spacial score (nSPS) is 24.5. The van der Waals surface area contributed by atoms with Crippen molar-refractivity contribution < 1.29 is 134 Å². The van der Waals surface area contributed by atoms with Crippen LogP contribution in [0, 0.1) is 0 Å². The molecule has 3 aliphatic heterocycles. The van der Waals surface area contributed by atoms with Crippen LogP contribution >= 0.6 is 0 Å². The van der Waals surface area contributed by atoms with Gasteiger partial charge >= 0.3 is 59.7 Å². The number of phenolic OH excluding ortho intramolecular Hbond substituents is 1. The van der Waals surface area contributed by atoms with Crippen molar-refractivity contribution in [2.45, 2.75) is 141 Å². The van der Waals surface area contributed by atoms with Gasteiger partial charge in [-0.3, -0.25) is 38.4 Å². The number of phenols is 1. The zero-order valence-electron chi connectivity index (χ0n) is 52.5. The molecule has 3 fully saturated rings. The van der Waals surface area contributed by atoms with Crippen molar-refractivity contribution in [1.82, 2.24) is 0 Å². The van der Waals surface area contributed by atoms with E-state index in [-0.39, 0.29) is 33.6 Å². The summed E-state index contributed by atoms with van der Waals surface area (Å²) >= 11 is 0. The van der Waals surface area contributed by atoms with Gasteiger partial charge in [-0.25, -0.2) is 14.4 Å². The summed E-state index contributed by atoms with van der Waals surface area (Å²) in [6, 6.07) is 28.2. The molecule has 5 aromatic carbocycles. The lowest BCUT2D eigenvalue weighted by Crippen LogP contribution is -2.65. The summed E-state index contributed by atoms with van der Waals surface area (Å²) < 4.78 is 96.0. The Morgan fingerprint density at radius 3 is 1.56 bits per heavy atom. The predicted molar refractivity (Wildman–Crippen MR) is 321 cm³/mol. The Kier molecular flexibility index (Phi) is 22.3. The highest BCUT2D eigenvalue weighted by Crippen LogP contribution is 2.44. The third-order valence-corrected chi connectivity index (χ3v) is 14.7. The van der Waals surface area contributed by atoms with Crippen molar-refractivity contribution in [1.29, 1.82) is 0 Å². The maximum absolute atomic E-state index is 15.8. The number of hydrogen-bond acceptors (Lipinski definition) is 29. The van der Waals surface area contributed by atoms with Crippen LogP contribution in [0.3, 0.4) is 0 Å². The molecule has 0 radical (unpaired) electrons. The molecule has 6 aromatic rings. The first kappa shape index (κ1) is 69.7. The van der Waals surface area contributed by atoms with E-state index in [9.17, 15) is 58.2 Å². The minimum absolute atomic E-state index is 0.0118. The van der Waals surface area contributed by atoms with Gasteiger partial charge in [0, 0.05) is 54.0 Å². The Bertz CT molecular complexity index is 3960. The zero-order chi connectivity index (χ0) is 69.2. The van der Waals surface area contributed by atoms with Crippen LogP contribution in [0.4, 0.5) is 0 Å². The molecule has 0 amide bonds. The molecule has 96 heavy (non-hydrogen) atoms. The maximum Gasteiger partial charge on any atom is 0.338 e. The highest BCUT2D eigenvalue weighted by Gasteiger charge is 2.57. The Morgan fingerprint density at radius 2 is 1.03 bits per heavy atom. The average Bonchev–Trinajstić information content (AvgIpc) is 0.758. The summed E-state index contributed by atoms with van der Waals surface area (Å²) in [6.07, 6.45) is -25.1. The topological polar surface area (TPSA) is 380 Å². The van der Waals surface area contributed by atoms with Gasteiger partial charge in [-0.2, -0.15) is 0 Å². The van der Waals surface area contributed by atoms with Gasteiger partial charge in [-0.15, -0.1) is 0 Å². The van der Waals surface area contributed by atoms with Crippen molar-refractivity contribution in [3.05, 3.63) is 154 Å². The summed E-state index contributed by atoms with van der Waals surface area (Å²) in [5, 5.41) is 22.3. The second-order valence-corrected chi connectivity index (χ2v) is 21.9. The fourth-order valence-corrected chi connectivity index (χ4v) is 10.8. The molecular weight excluding hydrogens is 1270 g/mol.